The summed E-state index contributed by atoms with van der Waals surface area (Å²) in [7, 11) is 3.67. The maximum Gasteiger partial charge on any atom is 0.251 e. The molecule has 0 saturated heterocycles. The van der Waals surface area contributed by atoms with Crippen LogP contribution in [0.15, 0.2) is 42.5 Å². The average Bonchev–Trinajstić information content (AvgIpc) is 2.54. The molecular weight excluding hydrogens is 326 g/mol. The van der Waals surface area contributed by atoms with Crippen LogP contribution < -0.4 is 10.2 Å². The Morgan fingerprint density at radius 3 is 2.58 bits per heavy atom. The van der Waals surface area contributed by atoms with Crippen LogP contribution >= 0.6 is 11.6 Å². The first-order chi connectivity index (χ1) is 11.4. The molecule has 2 N–H and O–H groups in total. The fourth-order valence-electron chi connectivity index (χ4n) is 2.36. The summed E-state index contributed by atoms with van der Waals surface area (Å²) in [5.74, 6) is 0.375. The molecule has 0 radical (unpaired) electrons. The monoisotopic (exact) mass is 347 g/mol. The third-order valence-electron chi connectivity index (χ3n) is 3.64. The Kier molecular flexibility index (Phi) is 6.17. The molecule has 128 valence electrons. The molecule has 2 rings (SSSR count). The summed E-state index contributed by atoms with van der Waals surface area (Å²) >= 11 is 5.98. The van der Waals surface area contributed by atoms with Gasteiger partial charge in [0.2, 0.25) is 0 Å². The highest BCUT2D eigenvalue weighted by Crippen LogP contribution is 2.19. The molecule has 0 bridgehead atoms. The summed E-state index contributed by atoms with van der Waals surface area (Å²) in [5.41, 5.74) is 1.28. The standard InChI is InChI=1S/C18H22ClN3O2/c1-12(9-15(23)13-7-5-4-6-8-13)20-18(24)14-10-16(19)21-17(11-14)22(2)3/h4-8,10-12,15,23H,9H2,1-3H3,(H,20,24). The Labute approximate surface area is 147 Å². The number of benzene rings is 1. The van der Waals surface area contributed by atoms with Crippen molar-refractivity contribution in [1.82, 2.24) is 10.3 Å². The molecule has 2 unspecified atom stereocenters. The maximum atomic E-state index is 12.4. The van der Waals surface area contributed by atoms with Gasteiger partial charge in [0.1, 0.15) is 11.0 Å². The second-order valence-corrected chi connectivity index (χ2v) is 6.36. The van der Waals surface area contributed by atoms with E-state index in [4.69, 9.17) is 11.6 Å². The van der Waals surface area contributed by atoms with Crippen LogP contribution in [0.2, 0.25) is 5.15 Å². The lowest BCUT2D eigenvalue weighted by molar-refractivity contribution is 0.0917. The number of pyridine rings is 1. The Balaban J connectivity index is 2.01. The summed E-state index contributed by atoms with van der Waals surface area (Å²) in [6, 6.07) is 12.4. The largest absolute Gasteiger partial charge is 0.388 e. The van der Waals surface area contributed by atoms with E-state index >= 15 is 0 Å². The molecule has 2 aromatic rings. The van der Waals surface area contributed by atoms with Gasteiger partial charge in [0, 0.05) is 25.7 Å². The van der Waals surface area contributed by atoms with E-state index in [-0.39, 0.29) is 17.1 Å². The van der Waals surface area contributed by atoms with Gasteiger partial charge in [0.05, 0.1) is 6.10 Å². The molecule has 1 heterocycles. The van der Waals surface area contributed by atoms with E-state index in [9.17, 15) is 9.90 Å². The van der Waals surface area contributed by atoms with Crippen molar-refractivity contribution in [3.8, 4) is 0 Å². The Bertz CT molecular complexity index is 692. The van der Waals surface area contributed by atoms with E-state index < -0.39 is 6.10 Å². The van der Waals surface area contributed by atoms with Crippen molar-refractivity contribution in [2.45, 2.75) is 25.5 Å². The predicted octanol–water partition coefficient (Wildman–Crippen LogP) is 3.04. The van der Waals surface area contributed by atoms with Gasteiger partial charge >= 0.3 is 0 Å². The van der Waals surface area contributed by atoms with Gasteiger partial charge in [-0.3, -0.25) is 4.79 Å². The maximum absolute atomic E-state index is 12.4. The summed E-state index contributed by atoms with van der Waals surface area (Å²) in [5, 5.41) is 13.4. The van der Waals surface area contributed by atoms with Gasteiger partial charge in [-0.2, -0.15) is 0 Å². The van der Waals surface area contributed by atoms with Crippen molar-refractivity contribution < 1.29 is 9.90 Å². The number of rotatable bonds is 6. The second kappa shape index (κ2) is 8.13. The van der Waals surface area contributed by atoms with Crippen molar-refractivity contribution in [2.75, 3.05) is 19.0 Å². The number of hydrogen-bond acceptors (Lipinski definition) is 4. The summed E-state index contributed by atoms with van der Waals surface area (Å²) in [6.45, 7) is 1.86. The van der Waals surface area contributed by atoms with Gasteiger partial charge in [0.25, 0.3) is 5.91 Å². The van der Waals surface area contributed by atoms with E-state index in [1.165, 1.54) is 6.07 Å². The highest BCUT2D eigenvalue weighted by Gasteiger charge is 2.16. The third-order valence-corrected chi connectivity index (χ3v) is 3.83. The number of aliphatic hydroxyl groups excluding tert-OH is 1. The van der Waals surface area contributed by atoms with Crippen LogP contribution in [-0.2, 0) is 0 Å². The van der Waals surface area contributed by atoms with Crippen LogP contribution in [-0.4, -0.2) is 36.1 Å². The van der Waals surface area contributed by atoms with Crippen LogP contribution in [0.25, 0.3) is 0 Å². The molecule has 2 atom stereocenters. The van der Waals surface area contributed by atoms with Crippen LogP contribution in [0.4, 0.5) is 5.82 Å². The SMILES string of the molecule is CC(CC(O)c1ccccc1)NC(=O)c1cc(Cl)nc(N(C)C)c1. The Morgan fingerprint density at radius 2 is 1.96 bits per heavy atom. The molecule has 0 aliphatic heterocycles. The first-order valence-electron chi connectivity index (χ1n) is 7.75. The van der Waals surface area contributed by atoms with Gasteiger partial charge in [-0.1, -0.05) is 41.9 Å². The van der Waals surface area contributed by atoms with Crippen LogP contribution in [0.5, 0.6) is 0 Å². The van der Waals surface area contributed by atoms with Crippen molar-refractivity contribution in [1.29, 1.82) is 0 Å². The normalized spacial score (nSPS) is 13.2. The molecule has 0 aliphatic carbocycles. The van der Waals surface area contributed by atoms with Gasteiger partial charge in [0.15, 0.2) is 0 Å². The van der Waals surface area contributed by atoms with Gasteiger partial charge < -0.3 is 15.3 Å². The number of anilines is 1. The summed E-state index contributed by atoms with van der Waals surface area (Å²) < 4.78 is 0. The number of halogens is 1. The lowest BCUT2D eigenvalue weighted by Gasteiger charge is -2.19. The molecular formula is C18H22ClN3O2. The molecule has 1 aromatic heterocycles. The van der Waals surface area contributed by atoms with E-state index in [0.29, 0.717) is 17.8 Å². The van der Waals surface area contributed by atoms with E-state index in [1.54, 1.807) is 11.0 Å². The highest BCUT2D eigenvalue weighted by atomic mass is 35.5. The minimum Gasteiger partial charge on any atom is -0.388 e. The minimum absolute atomic E-state index is 0.192. The smallest absolute Gasteiger partial charge is 0.251 e. The number of carbonyl (C=O) groups is 1. The van der Waals surface area contributed by atoms with Crippen LogP contribution in [0.3, 0.4) is 0 Å². The van der Waals surface area contributed by atoms with Crippen molar-refractivity contribution >= 4 is 23.3 Å². The second-order valence-electron chi connectivity index (χ2n) is 5.97. The Hall–Kier alpha value is -2.11. The van der Waals surface area contributed by atoms with E-state index in [0.717, 1.165) is 5.56 Å². The van der Waals surface area contributed by atoms with Gasteiger partial charge in [-0.25, -0.2) is 4.98 Å². The Morgan fingerprint density at radius 1 is 1.29 bits per heavy atom. The zero-order valence-corrected chi connectivity index (χ0v) is 14.8. The molecule has 1 aromatic carbocycles. The molecule has 0 fully saturated rings. The number of nitrogens with zero attached hydrogens (tertiary/aromatic N) is 2. The number of hydrogen-bond donors (Lipinski definition) is 2. The zero-order chi connectivity index (χ0) is 17.7. The fraction of sp³-hybridized carbons (Fsp3) is 0.333. The summed E-state index contributed by atoms with van der Waals surface area (Å²) in [6.07, 6.45) is -0.199. The first kappa shape index (κ1) is 18.2. The number of carbonyl (C=O) groups excluding carboxylic acids is 1. The average molecular weight is 348 g/mol. The number of nitrogens with one attached hydrogen (secondary N) is 1. The predicted molar refractivity (Wildman–Crippen MR) is 96.5 cm³/mol. The topological polar surface area (TPSA) is 65.5 Å². The lowest BCUT2D eigenvalue weighted by Crippen LogP contribution is -2.34. The van der Waals surface area contributed by atoms with Crippen LogP contribution in [0.1, 0.15) is 35.4 Å². The summed E-state index contributed by atoms with van der Waals surface area (Å²) in [4.78, 5) is 18.3. The molecule has 0 aliphatic rings. The van der Waals surface area contributed by atoms with Crippen molar-refractivity contribution in [3.05, 3.63) is 58.7 Å². The van der Waals surface area contributed by atoms with Crippen LogP contribution in [0, 0.1) is 0 Å². The first-order valence-corrected chi connectivity index (χ1v) is 8.13. The third kappa shape index (κ3) is 4.94. The quantitative estimate of drug-likeness (QED) is 0.788. The van der Waals surface area contributed by atoms with E-state index in [2.05, 4.69) is 10.3 Å². The molecule has 24 heavy (non-hydrogen) atoms. The fourth-order valence-corrected chi connectivity index (χ4v) is 2.56. The molecule has 6 heteroatoms. The zero-order valence-electron chi connectivity index (χ0n) is 14.0. The molecule has 5 nitrogen and oxygen atoms in total. The number of aromatic nitrogens is 1. The molecule has 1 amide bonds. The lowest BCUT2D eigenvalue weighted by atomic mass is 10.0. The number of aliphatic hydroxyl groups is 1. The molecule has 0 saturated carbocycles. The van der Waals surface area contributed by atoms with Crippen molar-refractivity contribution in [3.63, 3.8) is 0 Å². The van der Waals surface area contributed by atoms with Gasteiger partial charge in [-0.15, -0.1) is 0 Å². The number of amides is 1. The minimum atomic E-state index is -0.625. The molecule has 0 spiro atoms. The van der Waals surface area contributed by atoms with Gasteiger partial charge in [-0.05, 0) is 31.0 Å². The highest BCUT2D eigenvalue weighted by molar-refractivity contribution is 6.29. The van der Waals surface area contributed by atoms with Crippen molar-refractivity contribution in [2.24, 2.45) is 0 Å². The van der Waals surface area contributed by atoms with E-state index in [1.807, 2.05) is 51.4 Å².